The van der Waals surface area contributed by atoms with Gasteiger partial charge in [0.1, 0.15) is 0 Å². The second-order valence-corrected chi connectivity index (χ2v) is 6.15. The number of nitrogens with one attached hydrogen (secondary N) is 1. The summed E-state index contributed by atoms with van der Waals surface area (Å²) in [5.41, 5.74) is 0.995. The average molecular weight is 382 g/mol. The van der Waals surface area contributed by atoms with Crippen molar-refractivity contribution in [2.75, 3.05) is 20.3 Å². The van der Waals surface area contributed by atoms with E-state index in [4.69, 9.17) is 9.47 Å². The molecule has 0 aromatic carbocycles. The number of rotatable bonds is 11. The molecule has 1 atom stereocenters. The van der Waals surface area contributed by atoms with Gasteiger partial charge in [0.15, 0.2) is 0 Å². The van der Waals surface area contributed by atoms with Gasteiger partial charge in [-0.1, -0.05) is 53.2 Å². The molecule has 0 bridgehead atoms. The zero-order chi connectivity index (χ0) is 21.0. The Morgan fingerprint density at radius 3 is 2.26 bits per heavy atom. The van der Waals surface area contributed by atoms with E-state index >= 15 is 0 Å². The van der Waals surface area contributed by atoms with Crippen molar-refractivity contribution in [1.29, 1.82) is 0 Å². The van der Waals surface area contributed by atoms with Crippen LogP contribution in [-0.4, -0.2) is 35.8 Å². The molecule has 0 aliphatic carbocycles. The van der Waals surface area contributed by atoms with Crippen molar-refractivity contribution in [1.82, 2.24) is 15.3 Å². The molecule has 0 spiro atoms. The largest absolute Gasteiger partial charge is 0.480 e. The smallest absolute Gasteiger partial charge is 0.231 e. The zero-order valence-electron chi connectivity index (χ0n) is 19.0. The maximum absolute atomic E-state index is 5.87. The Morgan fingerprint density at radius 1 is 1.11 bits per heavy atom. The fourth-order valence-electron chi connectivity index (χ4n) is 2.27. The number of ether oxygens (including phenoxy) is 2. The van der Waals surface area contributed by atoms with Crippen molar-refractivity contribution in [3.8, 4) is 5.88 Å². The molecule has 1 N–H and O–H groups in total. The minimum atomic E-state index is 0.0667. The summed E-state index contributed by atoms with van der Waals surface area (Å²) in [5.74, 6) is 0.551. The topological polar surface area (TPSA) is 56.3 Å². The van der Waals surface area contributed by atoms with Crippen molar-refractivity contribution in [2.45, 2.75) is 86.3 Å². The minimum Gasteiger partial charge on any atom is -0.480 e. The Hall–Kier alpha value is -1.46. The van der Waals surface area contributed by atoms with Gasteiger partial charge in [0.05, 0.1) is 30.8 Å². The molecule has 1 rings (SSSR count). The first-order chi connectivity index (χ1) is 13.0. The molecule has 27 heavy (non-hydrogen) atoms. The third-order valence-corrected chi connectivity index (χ3v) is 3.67. The number of allylic oxidation sites excluding steroid dienone is 1. The maximum atomic E-state index is 5.87. The van der Waals surface area contributed by atoms with Gasteiger partial charge in [-0.2, -0.15) is 0 Å². The summed E-state index contributed by atoms with van der Waals surface area (Å²) < 4.78 is 10.7. The average Bonchev–Trinajstić information content (AvgIpc) is 2.72. The number of hydrogen-bond donors (Lipinski definition) is 1. The second kappa shape index (κ2) is 19.3. The van der Waals surface area contributed by atoms with Crippen LogP contribution < -0.4 is 10.1 Å². The van der Waals surface area contributed by atoms with Crippen molar-refractivity contribution in [3.05, 3.63) is 30.2 Å². The van der Waals surface area contributed by atoms with Gasteiger partial charge < -0.3 is 14.8 Å². The molecule has 0 amide bonds. The normalized spacial score (nSPS) is 12.4. The Morgan fingerprint density at radius 2 is 1.81 bits per heavy atom. The lowest BCUT2D eigenvalue weighted by Crippen LogP contribution is -2.28. The summed E-state index contributed by atoms with van der Waals surface area (Å²) in [7, 11) is 1.58. The maximum Gasteiger partial charge on any atom is 0.231 e. The lowest BCUT2D eigenvalue weighted by molar-refractivity contribution is -0.0356. The van der Waals surface area contributed by atoms with Gasteiger partial charge >= 0.3 is 0 Å². The van der Waals surface area contributed by atoms with Crippen molar-refractivity contribution < 1.29 is 9.47 Å². The van der Waals surface area contributed by atoms with E-state index in [1.807, 2.05) is 13.8 Å². The summed E-state index contributed by atoms with van der Waals surface area (Å²) in [5, 5.41) is 3.16. The van der Waals surface area contributed by atoms with Crippen LogP contribution in [-0.2, 0) is 11.3 Å². The molecule has 0 saturated carbocycles. The van der Waals surface area contributed by atoms with Gasteiger partial charge in [0.25, 0.3) is 0 Å². The first kappa shape index (κ1) is 27.8. The Labute approximate surface area is 168 Å². The number of hydrogen-bond acceptors (Lipinski definition) is 5. The van der Waals surface area contributed by atoms with Gasteiger partial charge in [-0.05, 0) is 39.7 Å². The summed E-state index contributed by atoms with van der Waals surface area (Å²) in [6.45, 7) is 17.3. The first-order valence-corrected chi connectivity index (χ1v) is 10.4. The molecule has 1 heterocycles. The summed E-state index contributed by atoms with van der Waals surface area (Å²) in [6.07, 6.45) is 12.1. The highest BCUT2D eigenvalue weighted by Gasteiger charge is 2.21. The fourth-order valence-corrected chi connectivity index (χ4v) is 2.27. The fraction of sp³-hybridized carbons (Fsp3) is 0.727. The monoisotopic (exact) mass is 381 g/mol. The van der Waals surface area contributed by atoms with Crippen molar-refractivity contribution in [3.63, 3.8) is 0 Å². The van der Waals surface area contributed by atoms with Crippen LogP contribution in [0.4, 0.5) is 0 Å². The summed E-state index contributed by atoms with van der Waals surface area (Å²) in [6, 6.07) is 0. The standard InChI is InChI=1S/C12H24O.C8H13N3O.C2H6/c1-5-8-10-12(4,9-6-2)13-11-7-3;1-3-9-4-7-5-11-8(12-2)6-10-7;1-2/h5,8H,6-7,9-11H2,1-4H3;5-6,9H,3-4H2,1-2H3;1-2H3/b8-5+;;. The van der Waals surface area contributed by atoms with Gasteiger partial charge in [-0.25, -0.2) is 4.98 Å². The zero-order valence-corrected chi connectivity index (χ0v) is 19.0. The molecule has 0 saturated heterocycles. The molecule has 1 aromatic rings. The SMILES string of the molecule is C/C=C/CC(C)(CCC)OCCC.CC.CCNCc1cnc(OC)cn1. The number of nitrogens with zero attached hydrogens (tertiary/aromatic N) is 2. The molecule has 1 unspecified atom stereocenters. The van der Waals surface area contributed by atoms with Gasteiger partial charge in [0.2, 0.25) is 5.88 Å². The van der Waals surface area contributed by atoms with E-state index in [2.05, 4.69) is 62.1 Å². The summed E-state index contributed by atoms with van der Waals surface area (Å²) >= 11 is 0. The predicted octanol–water partition coefficient (Wildman–Crippen LogP) is 5.56. The second-order valence-electron chi connectivity index (χ2n) is 6.15. The van der Waals surface area contributed by atoms with Gasteiger partial charge in [0, 0.05) is 13.2 Å². The molecule has 0 fully saturated rings. The molecule has 0 radical (unpaired) electrons. The van der Waals surface area contributed by atoms with E-state index in [0.29, 0.717) is 5.88 Å². The molecule has 158 valence electrons. The highest BCUT2D eigenvalue weighted by Crippen LogP contribution is 2.22. The van der Waals surface area contributed by atoms with E-state index in [9.17, 15) is 0 Å². The third kappa shape index (κ3) is 15.3. The molecular weight excluding hydrogens is 338 g/mol. The highest BCUT2D eigenvalue weighted by atomic mass is 16.5. The van der Waals surface area contributed by atoms with E-state index in [-0.39, 0.29) is 5.60 Å². The highest BCUT2D eigenvalue weighted by molar-refractivity contribution is 5.06. The van der Waals surface area contributed by atoms with Crippen LogP contribution in [0.1, 0.15) is 79.8 Å². The van der Waals surface area contributed by atoms with Gasteiger partial charge in [-0.3, -0.25) is 4.98 Å². The number of aromatic nitrogens is 2. The molecule has 0 aliphatic rings. The van der Waals surface area contributed by atoms with E-state index in [1.54, 1.807) is 19.5 Å². The lowest BCUT2D eigenvalue weighted by atomic mass is 9.96. The number of methoxy groups -OCH3 is 1. The minimum absolute atomic E-state index is 0.0667. The van der Waals surface area contributed by atoms with Crippen LogP contribution in [0.2, 0.25) is 0 Å². The Balaban J connectivity index is 0. The summed E-state index contributed by atoms with van der Waals surface area (Å²) in [4.78, 5) is 8.16. The first-order valence-electron chi connectivity index (χ1n) is 10.4. The van der Waals surface area contributed by atoms with Crippen LogP contribution in [0.25, 0.3) is 0 Å². The molecular formula is C22H43N3O2. The van der Waals surface area contributed by atoms with Crippen molar-refractivity contribution in [2.24, 2.45) is 0 Å². The quantitative estimate of drug-likeness (QED) is 0.509. The van der Waals surface area contributed by atoms with E-state index in [0.717, 1.165) is 44.7 Å². The molecule has 5 heteroatoms. The van der Waals surface area contributed by atoms with Crippen molar-refractivity contribution >= 4 is 0 Å². The van der Waals surface area contributed by atoms with Crippen LogP contribution in [0.5, 0.6) is 5.88 Å². The lowest BCUT2D eigenvalue weighted by Gasteiger charge is -2.28. The van der Waals surface area contributed by atoms with Gasteiger partial charge in [-0.15, -0.1) is 0 Å². The predicted molar refractivity (Wildman–Crippen MR) is 116 cm³/mol. The Bertz CT molecular complexity index is 449. The Kier molecular flexibility index (Phi) is 19.8. The molecule has 1 aromatic heterocycles. The van der Waals surface area contributed by atoms with Crippen LogP contribution in [0.15, 0.2) is 24.5 Å². The van der Waals surface area contributed by atoms with E-state index in [1.165, 1.54) is 6.42 Å². The third-order valence-electron chi connectivity index (χ3n) is 3.67. The molecule has 0 aliphatic heterocycles. The van der Waals surface area contributed by atoms with Crippen LogP contribution >= 0.6 is 0 Å². The van der Waals surface area contributed by atoms with Crippen LogP contribution in [0.3, 0.4) is 0 Å². The van der Waals surface area contributed by atoms with E-state index < -0.39 is 0 Å². The molecule has 5 nitrogen and oxygen atoms in total. The van der Waals surface area contributed by atoms with Crippen LogP contribution in [0, 0.1) is 0 Å².